The molecule has 0 unspecified atom stereocenters. The molecule has 0 radical (unpaired) electrons. The van der Waals surface area contributed by atoms with Crippen LogP contribution in [0.3, 0.4) is 0 Å². The molecule has 1 rings (SSSR count). The molecule has 0 saturated heterocycles. The van der Waals surface area contributed by atoms with Gasteiger partial charge in [-0.05, 0) is 25.8 Å². The van der Waals surface area contributed by atoms with Gasteiger partial charge >= 0.3 is 0 Å². The molecule has 2 atom stereocenters. The van der Waals surface area contributed by atoms with Crippen molar-refractivity contribution in [3.63, 3.8) is 0 Å². The van der Waals surface area contributed by atoms with Gasteiger partial charge in [-0.25, -0.2) is 0 Å². The third-order valence-corrected chi connectivity index (χ3v) is 2.71. The van der Waals surface area contributed by atoms with Crippen LogP contribution in [0.25, 0.3) is 0 Å². The standard InChI is InChI=1S/C13H20N2O/c1-4-12(14)13(16)15-10(3)11-7-5-9(2)6-8-11/h5-8,10,12H,4,14H2,1-3H3,(H,15,16)/t10-,12-/m0/s1. The summed E-state index contributed by atoms with van der Waals surface area (Å²) in [6.45, 7) is 5.91. The van der Waals surface area contributed by atoms with Gasteiger partial charge in [0.05, 0.1) is 12.1 Å². The van der Waals surface area contributed by atoms with Gasteiger partial charge in [0, 0.05) is 0 Å². The fraction of sp³-hybridized carbons (Fsp3) is 0.462. The SMILES string of the molecule is CC[C@H](N)C(=O)N[C@@H](C)c1ccc(C)cc1. The van der Waals surface area contributed by atoms with Crippen LogP contribution < -0.4 is 11.1 Å². The molecule has 0 aliphatic carbocycles. The Balaban J connectivity index is 2.62. The van der Waals surface area contributed by atoms with E-state index in [4.69, 9.17) is 5.73 Å². The number of nitrogens with one attached hydrogen (secondary N) is 1. The van der Waals surface area contributed by atoms with Gasteiger partial charge in [0.2, 0.25) is 5.91 Å². The van der Waals surface area contributed by atoms with Crippen LogP contribution in [0.1, 0.15) is 37.4 Å². The number of carbonyl (C=O) groups is 1. The normalized spacial score (nSPS) is 14.2. The second-order valence-corrected chi connectivity index (χ2v) is 4.16. The van der Waals surface area contributed by atoms with Crippen molar-refractivity contribution in [1.29, 1.82) is 0 Å². The summed E-state index contributed by atoms with van der Waals surface area (Å²) in [7, 11) is 0. The summed E-state index contributed by atoms with van der Waals surface area (Å²) in [6, 6.07) is 7.73. The van der Waals surface area contributed by atoms with Crippen molar-refractivity contribution in [2.45, 2.75) is 39.3 Å². The second kappa shape index (κ2) is 5.66. The molecule has 3 nitrogen and oxygen atoms in total. The first-order valence-electron chi connectivity index (χ1n) is 5.67. The fourth-order valence-corrected chi connectivity index (χ4v) is 1.44. The molecule has 3 N–H and O–H groups in total. The van der Waals surface area contributed by atoms with Gasteiger partial charge in [-0.15, -0.1) is 0 Å². The average Bonchev–Trinajstić information content (AvgIpc) is 2.28. The number of aryl methyl sites for hydroxylation is 1. The van der Waals surface area contributed by atoms with Crippen molar-refractivity contribution >= 4 is 5.91 Å². The van der Waals surface area contributed by atoms with Crippen molar-refractivity contribution in [2.24, 2.45) is 5.73 Å². The van der Waals surface area contributed by atoms with Gasteiger partial charge in [0.1, 0.15) is 0 Å². The first kappa shape index (κ1) is 12.7. The van der Waals surface area contributed by atoms with Crippen molar-refractivity contribution in [3.8, 4) is 0 Å². The van der Waals surface area contributed by atoms with Crippen molar-refractivity contribution in [1.82, 2.24) is 5.32 Å². The van der Waals surface area contributed by atoms with E-state index in [-0.39, 0.29) is 11.9 Å². The molecule has 1 aromatic rings. The summed E-state index contributed by atoms with van der Waals surface area (Å²) in [6.07, 6.45) is 0.659. The zero-order chi connectivity index (χ0) is 12.1. The quantitative estimate of drug-likeness (QED) is 0.814. The highest BCUT2D eigenvalue weighted by molar-refractivity contribution is 5.81. The molecule has 0 aliphatic heterocycles. The van der Waals surface area contributed by atoms with Crippen molar-refractivity contribution in [2.75, 3.05) is 0 Å². The monoisotopic (exact) mass is 220 g/mol. The number of nitrogens with two attached hydrogens (primary N) is 1. The van der Waals surface area contributed by atoms with Crippen LogP contribution in [0.2, 0.25) is 0 Å². The van der Waals surface area contributed by atoms with E-state index in [0.717, 1.165) is 5.56 Å². The number of benzene rings is 1. The lowest BCUT2D eigenvalue weighted by atomic mass is 10.1. The molecule has 1 amide bonds. The van der Waals surface area contributed by atoms with E-state index in [1.165, 1.54) is 5.56 Å². The lowest BCUT2D eigenvalue weighted by molar-refractivity contribution is -0.123. The van der Waals surface area contributed by atoms with E-state index >= 15 is 0 Å². The topological polar surface area (TPSA) is 55.1 Å². The van der Waals surface area contributed by atoms with Crippen LogP contribution in [0.4, 0.5) is 0 Å². The molecule has 0 aliphatic rings. The number of amides is 1. The average molecular weight is 220 g/mol. The van der Waals surface area contributed by atoms with Gasteiger partial charge in [0.15, 0.2) is 0 Å². The van der Waals surface area contributed by atoms with Gasteiger partial charge in [0.25, 0.3) is 0 Å². The molecule has 3 heteroatoms. The Hall–Kier alpha value is -1.35. The summed E-state index contributed by atoms with van der Waals surface area (Å²) < 4.78 is 0. The molecular weight excluding hydrogens is 200 g/mol. The summed E-state index contributed by atoms with van der Waals surface area (Å²) >= 11 is 0. The maximum absolute atomic E-state index is 11.6. The molecular formula is C13H20N2O. The minimum atomic E-state index is -0.409. The lowest BCUT2D eigenvalue weighted by Gasteiger charge is -2.17. The summed E-state index contributed by atoms with van der Waals surface area (Å²) in [5.74, 6) is -0.0874. The zero-order valence-electron chi connectivity index (χ0n) is 10.2. The van der Waals surface area contributed by atoms with E-state index < -0.39 is 6.04 Å². The molecule has 88 valence electrons. The molecule has 0 fully saturated rings. The third-order valence-electron chi connectivity index (χ3n) is 2.71. The predicted octanol–water partition coefficient (Wildman–Crippen LogP) is 1.91. The Morgan fingerprint density at radius 1 is 1.38 bits per heavy atom. The predicted molar refractivity (Wildman–Crippen MR) is 66.0 cm³/mol. The van der Waals surface area contributed by atoms with Crippen LogP contribution in [-0.2, 0) is 4.79 Å². The first-order chi connectivity index (χ1) is 7.54. The Morgan fingerprint density at radius 3 is 2.44 bits per heavy atom. The Labute approximate surface area is 97.0 Å². The Kier molecular flexibility index (Phi) is 4.50. The smallest absolute Gasteiger partial charge is 0.237 e. The molecule has 16 heavy (non-hydrogen) atoms. The van der Waals surface area contributed by atoms with E-state index in [1.807, 2.05) is 45.0 Å². The van der Waals surface area contributed by atoms with Gasteiger partial charge < -0.3 is 11.1 Å². The highest BCUT2D eigenvalue weighted by Crippen LogP contribution is 2.13. The number of carbonyl (C=O) groups excluding carboxylic acids is 1. The highest BCUT2D eigenvalue weighted by Gasteiger charge is 2.14. The minimum absolute atomic E-state index is 0.00528. The van der Waals surface area contributed by atoms with Crippen LogP contribution in [0.15, 0.2) is 24.3 Å². The Bertz CT molecular complexity index is 345. The van der Waals surface area contributed by atoms with E-state index in [9.17, 15) is 4.79 Å². The van der Waals surface area contributed by atoms with Crippen LogP contribution >= 0.6 is 0 Å². The number of hydrogen-bond acceptors (Lipinski definition) is 2. The molecule has 1 aromatic carbocycles. The molecule has 0 saturated carbocycles. The van der Waals surface area contributed by atoms with E-state index in [2.05, 4.69) is 5.32 Å². The van der Waals surface area contributed by atoms with E-state index in [1.54, 1.807) is 0 Å². The molecule has 0 bridgehead atoms. The van der Waals surface area contributed by atoms with Crippen molar-refractivity contribution in [3.05, 3.63) is 35.4 Å². The number of rotatable bonds is 4. The van der Waals surface area contributed by atoms with E-state index in [0.29, 0.717) is 6.42 Å². The third kappa shape index (κ3) is 3.35. The van der Waals surface area contributed by atoms with Gasteiger partial charge in [-0.3, -0.25) is 4.79 Å². The van der Waals surface area contributed by atoms with Gasteiger partial charge in [-0.2, -0.15) is 0 Å². The van der Waals surface area contributed by atoms with Crippen LogP contribution in [0, 0.1) is 6.92 Å². The summed E-state index contributed by atoms with van der Waals surface area (Å²) in [4.78, 5) is 11.6. The summed E-state index contributed by atoms with van der Waals surface area (Å²) in [5.41, 5.74) is 7.97. The maximum Gasteiger partial charge on any atom is 0.237 e. The molecule has 0 heterocycles. The van der Waals surface area contributed by atoms with Crippen LogP contribution in [0.5, 0.6) is 0 Å². The summed E-state index contributed by atoms with van der Waals surface area (Å²) in [5, 5.41) is 2.90. The highest BCUT2D eigenvalue weighted by atomic mass is 16.2. The second-order valence-electron chi connectivity index (χ2n) is 4.16. The number of hydrogen-bond donors (Lipinski definition) is 2. The molecule has 0 spiro atoms. The fourth-order valence-electron chi connectivity index (χ4n) is 1.44. The minimum Gasteiger partial charge on any atom is -0.348 e. The molecule has 0 aromatic heterocycles. The largest absolute Gasteiger partial charge is 0.348 e. The Morgan fingerprint density at radius 2 is 1.94 bits per heavy atom. The van der Waals surface area contributed by atoms with Gasteiger partial charge in [-0.1, -0.05) is 36.8 Å². The zero-order valence-corrected chi connectivity index (χ0v) is 10.2. The van der Waals surface area contributed by atoms with Crippen molar-refractivity contribution < 1.29 is 4.79 Å². The van der Waals surface area contributed by atoms with Crippen LogP contribution in [-0.4, -0.2) is 11.9 Å². The first-order valence-corrected chi connectivity index (χ1v) is 5.67. The lowest BCUT2D eigenvalue weighted by Crippen LogP contribution is -2.41. The maximum atomic E-state index is 11.6.